The number of hydrogen-bond donors (Lipinski definition) is 0. The van der Waals surface area contributed by atoms with E-state index in [9.17, 15) is 0 Å². The largest absolute Gasteiger partial charge is 0.224 e. The maximum atomic E-state index is 4.45. The molecule has 0 aliphatic carbocycles. The smallest absolute Gasteiger partial charge is 0.0678 e. The summed E-state index contributed by atoms with van der Waals surface area (Å²) in [5.41, 5.74) is 2.60. The maximum Gasteiger partial charge on any atom is 0.0678 e. The van der Waals surface area contributed by atoms with Gasteiger partial charge in [0.1, 0.15) is 0 Å². The van der Waals surface area contributed by atoms with Gasteiger partial charge < -0.3 is 0 Å². The zero-order chi connectivity index (χ0) is 9.52. The minimum absolute atomic E-state index is 0.468. The summed E-state index contributed by atoms with van der Waals surface area (Å²) in [7, 11) is 0.468. The van der Waals surface area contributed by atoms with Crippen molar-refractivity contribution in [2.24, 2.45) is 0 Å². The summed E-state index contributed by atoms with van der Waals surface area (Å²) in [6.45, 7) is 4.45. The standard InChI is InChI=1S/C10H19N2P/c1-3-5-7-9-10(8-6-4-2)12-13-11-9/h13H,3-8H2,1-2H3. The Hall–Kier alpha value is -0.360. The normalized spacial score (nSPS) is 10.6. The van der Waals surface area contributed by atoms with E-state index in [1.165, 1.54) is 37.1 Å². The van der Waals surface area contributed by atoms with Gasteiger partial charge in [0.25, 0.3) is 0 Å². The lowest BCUT2D eigenvalue weighted by atomic mass is 10.1. The van der Waals surface area contributed by atoms with E-state index < -0.39 is 0 Å². The molecule has 1 rings (SSSR count). The van der Waals surface area contributed by atoms with Crippen LogP contribution in [0, 0.1) is 0 Å². The summed E-state index contributed by atoms with van der Waals surface area (Å²) in [6, 6.07) is 0. The first kappa shape index (κ1) is 10.7. The second-order valence-corrected chi connectivity index (χ2v) is 4.07. The topological polar surface area (TPSA) is 25.8 Å². The Morgan fingerprint density at radius 2 is 1.38 bits per heavy atom. The van der Waals surface area contributed by atoms with Crippen LogP contribution in [0.4, 0.5) is 0 Å². The Bertz CT molecular complexity index is 210. The predicted octanol–water partition coefficient (Wildman–Crippen LogP) is 3.19. The highest BCUT2D eigenvalue weighted by Gasteiger charge is 2.04. The van der Waals surface area contributed by atoms with Gasteiger partial charge in [-0.25, -0.2) is 9.49 Å². The van der Waals surface area contributed by atoms with Crippen molar-refractivity contribution in [1.29, 1.82) is 0 Å². The molecule has 0 spiro atoms. The van der Waals surface area contributed by atoms with E-state index in [2.05, 4.69) is 23.3 Å². The lowest BCUT2D eigenvalue weighted by Gasteiger charge is -1.99. The average Bonchev–Trinajstić information content (AvgIpc) is 2.59. The van der Waals surface area contributed by atoms with Crippen molar-refractivity contribution in [3.8, 4) is 0 Å². The second-order valence-electron chi connectivity index (χ2n) is 3.42. The molecule has 1 aromatic heterocycles. The molecule has 13 heavy (non-hydrogen) atoms. The Morgan fingerprint density at radius 3 is 1.77 bits per heavy atom. The number of aryl methyl sites for hydroxylation is 2. The molecule has 0 unspecified atom stereocenters. The van der Waals surface area contributed by atoms with E-state index in [0.29, 0.717) is 8.51 Å². The number of nitrogens with zero attached hydrogens (tertiary/aromatic N) is 2. The predicted molar refractivity (Wildman–Crippen MR) is 58.8 cm³/mol. The molecule has 74 valence electrons. The van der Waals surface area contributed by atoms with Crippen LogP contribution in [0.15, 0.2) is 0 Å². The van der Waals surface area contributed by atoms with Crippen LogP contribution in [0.1, 0.15) is 50.9 Å². The Balaban J connectivity index is 2.45. The van der Waals surface area contributed by atoms with Gasteiger partial charge >= 0.3 is 0 Å². The fourth-order valence-electron chi connectivity index (χ4n) is 1.36. The third kappa shape index (κ3) is 3.48. The summed E-state index contributed by atoms with van der Waals surface area (Å²) in [4.78, 5) is 0. The molecule has 0 bridgehead atoms. The van der Waals surface area contributed by atoms with E-state index in [1.807, 2.05) is 0 Å². The van der Waals surface area contributed by atoms with Gasteiger partial charge in [-0.15, -0.1) is 0 Å². The van der Waals surface area contributed by atoms with Crippen LogP contribution in [0.5, 0.6) is 0 Å². The van der Waals surface area contributed by atoms with Crippen molar-refractivity contribution >= 4 is 8.51 Å². The van der Waals surface area contributed by atoms with Crippen LogP contribution in [-0.2, 0) is 12.8 Å². The Kier molecular flexibility index (Phi) is 5.07. The molecule has 0 radical (unpaired) electrons. The van der Waals surface area contributed by atoms with Crippen LogP contribution in [-0.4, -0.2) is 9.49 Å². The zero-order valence-corrected chi connectivity index (χ0v) is 9.64. The monoisotopic (exact) mass is 198 g/mol. The Morgan fingerprint density at radius 1 is 0.923 bits per heavy atom. The number of rotatable bonds is 6. The summed E-state index contributed by atoms with van der Waals surface area (Å²) in [6.07, 6.45) is 7.31. The second kappa shape index (κ2) is 6.15. The van der Waals surface area contributed by atoms with Crippen LogP contribution in [0.25, 0.3) is 0 Å². The lowest BCUT2D eigenvalue weighted by Crippen LogP contribution is -1.93. The van der Waals surface area contributed by atoms with Gasteiger partial charge in [-0.3, -0.25) is 0 Å². The first-order valence-corrected chi connectivity index (χ1v) is 6.16. The van der Waals surface area contributed by atoms with Gasteiger partial charge in [-0.2, -0.15) is 0 Å². The highest BCUT2D eigenvalue weighted by molar-refractivity contribution is 7.20. The summed E-state index contributed by atoms with van der Waals surface area (Å²) in [5.74, 6) is 0. The van der Waals surface area contributed by atoms with Gasteiger partial charge in [0.05, 0.1) is 19.9 Å². The fraction of sp³-hybridized carbons (Fsp3) is 0.800. The van der Waals surface area contributed by atoms with Crippen molar-refractivity contribution in [2.45, 2.75) is 52.4 Å². The first-order chi connectivity index (χ1) is 6.38. The zero-order valence-electron chi connectivity index (χ0n) is 8.64. The minimum Gasteiger partial charge on any atom is -0.224 e. The molecule has 3 heteroatoms. The van der Waals surface area contributed by atoms with Crippen LogP contribution >= 0.6 is 8.51 Å². The van der Waals surface area contributed by atoms with Crippen molar-refractivity contribution in [3.05, 3.63) is 11.4 Å². The van der Waals surface area contributed by atoms with Crippen LogP contribution < -0.4 is 0 Å². The summed E-state index contributed by atoms with van der Waals surface area (Å²) in [5, 5.41) is 0. The van der Waals surface area contributed by atoms with E-state index >= 15 is 0 Å². The molecule has 0 atom stereocenters. The SMILES string of the molecule is CCCCc1n[pH]nc1CCCC. The van der Waals surface area contributed by atoms with E-state index in [1.54, 1.807) is 0 Å². The van der Waals surface area contributed by atoms with Crippen LogP contribution in [0.3, 0.4) is 0 Å². The highest BCUT2D eigenvalue weighted by Crippen LogP contribution is 2.14. The van der Waals surface area contributed by atoms with E-state index in [-0.39, 0.29) is 0 Å². The van der Waals surface area contributed by atoms with Gasteiger partial charge in [0.2, 0.25) is 0 Å². The molecule has 0 fully saturated rings. The third-order valence-corrected chi connectivity index (χ3v) is 2.98. The van der Waals surface area contributed by atoms with Crippen molar-refractivity contribution in [2.75, 3.05) is 0 Å². The number of unbranched alkanes of at least 4 members (excludes halogenated alkanes) is 2. The van der Waals surface area contributed by atoms with Crippen molar-refractivity contribution in [1.82, 2.24) is 9.49 Å². The quantitative estimate of drug-likeness (QED) is 0.701. The van der Waals surface area contributed by atoms with Crippen molar-refractivity contribution < 1.29 is 0 Å². The molecular formula is C10H19N2P. The number of aromatic nitrogens is 2. The molecule has 0 aromatic carbocycles. The van der Waals surface area contributed by atoms with Crippen LogP contribution in [0.2, 0.25) is 0 Å². The van der Waals surface area contributed by atoms with Gasteiger partial charge in [0, 0.05) is 0 Å². The van der Waals surface area contributed by atoms with Gasteiger partial charge in [0.15, 0.2) is 0 Å². The number of hydrogen-bond acceptors (Lipinski definition) is 2. The molecule has 0 saturated heterocycles. The average molecular weight is 198 g/mol. The van der Waals surface area contributed by atoms with Gasteiger partial charge in [-0.05, 0) is 25.7 Å². The highest BCUT2D eigenvalue weighted by atomic mass is 31.1. The minimum atomic E-state index is 0.468. The van der Waals surface area contributed by atoms with E-state index in [4.69, 9.17) is 0 Å². The summed E-state index contributed by atoms with van der Waals surface area (Å²) >= 11 is 0. The molecule has 0 aliphatic heterocycles. The lowest BCUT2D eigenvalue weighted by molar-refractivity contribution is 0.741. The van der Waals surface area contributed by atoms with Gasteiger partial charge in [-0.1, -0.05) is 26.7 Å². The van der Waals surface area contributed by atoms with E-state index in [0.717, 1.165) is 12.8 Å². The maximum absolute atomic E-state index is 4.45. The molecule has 0 aliphatic rings. The fourth-order valence-corrected chi connectivity index (χ4v) is 2.14. The molecular weight excluding hydrogens is 179 g/mol. The first-order valence-electron chi connectivity index (χ1n) is 5.27. The molecule has 1 aromatic rings. The Labute approximate surface area is 82.4 Å². The molecule has 1 heterocycles. The third-order valence-electron chi connectivity index (χ3n) is 2.24. The molecule has 0 N–H and O–H groups in total. The molecule has 0 amide bonds. The molecule has 2 nitrogen and oxygen atoms in total. The molecule has 0 saturated carbocycles. The summed E-state index contributed by atoms with van der Waals surface area (Å²) < 4.78 is 8.90. The van der Waals surface area contributed by atoms with Crippen molar-refractivity contribution in [3.63, 3.8) is 0 Å².